The average Bonchev–Trinajstić information content (AvgIpc) is 2.79. The van der Waals surface area contributed by atoms with E-state index in [0.29, 0.717) is 6.61 Å². The van der Waals surface area contributed by atoms with Crippen molar-refractivity contribution in [3.8, 4) is 0 Å². The number of thioether (sulfide) groups is 2. The molecule has 29 heavy (non-hydrogen) atoms. The maximum absolute atomic E-state index is 6.55. The van der Waals surface area contributed by atoms with Gasteiger partial charge >= 0.3 is 0 Å². The Morgan fingerprint density at radius 2 is 1.38 bits per heavy atom. The van der Waals surface area contributed by atoms with Gasteiger partial charge in [-0.3, -0.25) is 0 Å². The third-order valence-electron chi connectivity index (χ3n) is 5.04. The quantitative estimate of drug-likeness (QED) is 0.544. The first-order chi connectivity index (χ1) is 14.3. The molecule has 2 heterocycles. The average molecular weight is 433 g/mol. The van der Waals surface area contributed by atoms with E-state index in [1.165, 1.54) is 0 Å². The molecule has 6 heteroatoms. The smallest absolute Gasteiger partial charge is 0.184 e. The van der Waals surface area contributed by atoms with E-state index < -0.39 is 6.29 Å². The highest BCUT2D eigenvalue weighted by atomic mass is 32.2. The Kier molecular flexibility index (Phi) is 7.56. The van der Waals surface area contributed by atoms with Crippen LogP contribution in [0.5, 0.6) is 0 Å². The van der Waals surface area contributed by atoms with Crippen molar-refractivity contribution < 1.29 is 18.9 Å². The van der Waals surface area contributed by atoms with Crippen molar-refractivity contribution in [1.82, 2.24) is 0 Å². The van der Waals surface area contributed by atoms with Crippen LogP contribution in [0, 0.1) is 0 Å². The van der Waals surface area contributed by atoms with Gasteiger partial charge in [-0.25, -0.2) is 0 Å². The molecule has 5 atom stereocenters. The molecule has 0 saturated carbocycles. The minimum atomic E-state index is -0.402. The lowest BCUT2D eigenvalue weighted by Crippen LogP contribution is -2.56. The molecule has 0 N–H and O–H groups in total. The summed E-state index contributed by atoms with van der Waals surface area (Å²) in [7, 11) is 0. The molecule has 0 amide bonds. The molecule has 156 valence electrons. The lowest BCUT2D eigenvalue weighted by Gasteiger charge is -2.47. The van der Waals surface area contributed by atoms with Crippen molar-refractivity contribution in [2.45, 2.75) is 49.3 Å². The van der Waals surface area contributed by atoms with E-state index in [4.69, 9.17) is 18.9 Å². The Balaban J connectivity index is 1.59. The second-order valence-corrected chi connectivity index (χ2v) is 10.1. The van der Waals surface area contributed by atoms with E-state index in [1.807, 2.05) is 84.2 Å². The van der Waals surface area contributed by atoms with Crippen molar-refractivity contribution in [1.29, 1.82) is 0 Å². The molecule has 2 aliphatic heterocycles. The highest BCUT2D eigenvalue weighted by Crippen LogP contribution is 2.43. The second-order valence-electron chi connectivity index (χ2n) is 6.97. The van der Waals surface area contributed by atoms with Gasteiger partial charge in [0.2, 0.25) is 0 Å². The molecule has 0 spiro atoms. The van der Waals surface area contributed by atoms with Gasteiger partial charge in [0, 0.05) is 11.1 Å². The molecule has 0 aromatic heterocycles. The lowest BCUT2D eigenvalue weighted by molar-refractivity contribution is -0.361. The summed E-state index contributed by atoms with van der Waals surface area (Å²) in [4.78, 5) is 0. The zero-order chi connectivity index (χ0) is 20.1. The van der Waals surface area contributed by atoms with Crippen molar-refractivity contribution >= 4 is 23.5 Å². The standard InChI is InChI=1S/C23H28O4S2/c1-3-28-23(29-4-2)20-19-18(25-22(27-20)17-13-9-6-10-14-17)15-24-21(26-19)16-11-7-5-8-12-16/h5-14,18-23H,3-4,15H2,1-2H3/t18-,19+,20-,21+,22-/m1/s1. The Morgan fingerprint density at radius 1 is 0.793 bits per heavy atom. The molecule has 2 aromatic carbocycles. The highest BCUT2D eigenvalue weighted by molar-refractivity contribution is 8.17. The van der Waals surface area contributed by atoms with Crippen LogP contribution in [0.25, 0.3) is 0 Å². The molecule has 0 bridgehead atoms. The number of benzene rings is 2. The van der Waals surface area contributed by atoms with E-state index in [-0.39, 0.29) is 29.2 Å². The summed E-state index contributed by atoms with van der Waals surface area (Å²) in [5.74, 6) is 2.06. The van der Waals surface area contributed by atoms with Crippen LogP contribution in [-0.2, 0) is 18.9 Å². The van der Waals surface area contributed by atoms with Crippen LogP contribution in [0.2, 0.25) is 0 Å². The molecule has 4 rings (SSSR count). The lowest BCUT2D eigenvalue weighted by atomic mass is 10.0. The molecule has 0 unspecified atom stereocenters. The van der Waals surface area contributed by atoms with Gasteiger partial charge < -0.3 is 18.9 Å². The predicted octanol–water partition coefficient (Wildman–Crippen LogP) is 5.42. The highest BCUT2D eigenvalue weighted by Gasteiger charge is 2.48. The number of hydrogen-bond acceptors (Lipinski definition) is 6. The molecule has 0 radical (unpaired) electrons. The SMILES string of the molecule is CCSC(SCC)[C@@H]1O[C@H](c2ccccc2)O[C@@H]2CO[C@H](c3ccccc3)O[C@@H]21. The van der Waals surface area contributed by atoms with Crippen LogP contribution < -0.4 is 0 Å². The number of ether oxygens (including phenoxy) is 4. The van der Waals surface area contributed by atoms with Crippen LogP contribution in [0.1, 0.15) is 37.6 Å². The van der Waals surface area contributed by atoms with Gasteiger partial charge in [0.05, 0.1) is 11.2 Å². The third kappa shape index (κ3) is 5.01. The monoisotopic (exact) mass is 432 g/mol. The Hall–Kier alpha value is -1.02. The topological polar surface area (TPSA) is 36.9 Å². The van der Waals surface area contributed by atoms with Crippen molar-refractivity contribution in [2.75, 3.05) is 18.1 Å². The fourth-order valence-electron chi connectivity index (χ4n) is 3.70. The fraction of sp³-hybridized carbons (Fsp3) is 0.478. The third-order valence-corrected chi connectivity index (χ3v) is 7.71. The van der Waals surface area contributed by atoms with E-state index >= 15 is 0 Å². The van der Waals surface area contributed by atoms with E-state index in [1.54, 1.807) is 0 Å². The van der Waals surface area contributed by atoms with Gasteiger partial charge in [0.25, 0.3) is 0 Å². The van der Waals surface area contributed by atoms with E-state index in [0.717, 1.165) is 22.6 Å². The summed E-state index contributed by atoms with van der Waals surface area (Å²) in [5, 5.41) is 0. The summed E-state index contributed by atoms with van der Waals surface area (Å²) in [6.07, 6.45) is -1.20. The minimum absolute atomic E-state index is 0.0797. The van der Waals surface area contributed by atoms with Gasteiger partial charge in [-0.15, -0.1) is 23.5 Å². The Labute approximate surface area is 181 Å². The van der Waals surface area contributed by atoms with Crippen LogP contribution in [0.4, 0.5) is 0 Å². The zero-order valence-corrected chi connectivity index (χ0v) is 18.4. The Morgan fingerprint density at radius 3 is 1.97 bits per heavy atom. The molecule has 2 saturated heterocycles. The molecular weight excluding hydrogens is 404 g/mol. The first kappa shape index (κ1) is 21.2. The normalized spacial score (nSPS) is 29.6. The van der Waals surface area contributed by atoms with Crippen molar-refractivity contribution in [2.24, 2.45) is 0 Å². The van der Waals surface area contributed by atoms with Crippen LogP contribution in [0.3, 0.4) is 0 Å². The first-order valence-corrected chi connectivity index (χ1v) is 12.3. The van der Waals surface area contributed by atoms with Crippen LogP contribution >= 0.6 is 23.5 Å². The number of fused-ring (bicyclic) bond motifs is 1. The van der Waals surface area contributed by atoms with Crippen LogP contribution in [0.15, 0.2) is 60.7 Å². The maximum Gasteiger partial charge on any atom is 0.184 e. The van der Waals surface area contributed by atoms with E-state index in [9.17, 15) is 0 Å². The van der Waals surface area contributed by atoms with E-state index in [2.05, 4.69) is 13.8 Å². The predicted molar refractivity (Wildman–Crippen MR) is 119 cm³/mol. The van der Waals surface area contributed by atoms with Gasteiger partial charge in [0.1, 0.15) is 18.3 Å². The Bertz CT molecular complexity index is 739. The summed E-state index contributed by atoms with van der Waals surface area (Å²) in [6, 6.07) is 20.2. The molecule has 2 fully saturated rings. The fourth-order valence-corrected chi connectivity index (χ4v) is 6.38. The molecular formula is C23H28O4S2. The summed E-state index contributed by atoms with van der Waals surface area (Å²) in [6.45, 7) is 4.88. The molecule has 2 aromatic rings. The summed E-state index contributed by atoms with van der Waals surface area (Å²) in [5.41, 5.74) is 2.06. The van der Waals surface area contributed by atoms with Gasteiger partial charge in [-0.1, -0.05) is 74.5 Å². The van der Waals surface area contributed by atoms with Gasteiger partial charge in [0.15, 0.2) is 12.6 Å². The molecule has 2 aliphatic rings. The largest absolute Gasteiger partial charge is 0.346 e. The number of rotatable bonds is 7. The molecule has 0 aliphatic carbocycles. The maximum atomic E-state index is 6.55. The van der Waals surface area contributed by atoms with Crippen LogP contribution in [-0.4, -0.2) is 41.0 Å². The van der Waals surface area contributed by atoms with Crippen molar-refractivity contribution in [3.05, 3.63) is 71.8 Å². The zero-order valence-electron chi connectivity index (χ0n) is 16.8. The number of hydrogen-bond donors (Lipinski definition) is 0. The van der Waals surface area contributed by atoms with Crippen molar-refractivity contribution in [3.63, 3.8) is 0 Å². The summed E-state index contributed by atoms with van der Waals surface area (Å²) >= 11 is 3.84. The minimum Gasteiger partial charge on any atom is -0.346 e. The second kappa shape index (κ2) is 10.3. The first-order valence-electron chi connectivity index (χ1n) is 10.2. The van der Waals surface area contributed by atoms with Gasteiger partial charge in [-0.2, -0.15) is 0 Å². The van der Waals surface area contributed by atoms with Gasteiger partial charge in [-0.05, 0) is 11.5 Å². The molecule has 4 nitrogen and oxygen atoms in total. The summed E-state index contributed by atoms with van der Waals surface area (Å²) < 4.78 is 25.6.